The number of hydrogen-bond donors (Lipinski definition) is 1. The van der Waals surface area contributed by atoms with Gasteiger partial charge in [0.15, 0.2) is 25.0 Å². The molecule has 1 N–H and O–H groups in total. The molecule has 0 aromatic rings. The van der Waals surface area contributed by atoms with E-state index in [1.807, 2.05) is 32.1 Å². The van der Waals surface area contributed by atoms with Gasteiger partial charge in [-0.05, 0) is 88.5 Å². The SMILES string of the molecule is CC(=CC=CC(C)=C[C@H](O[Si](C)(C)C(C)(C)C)[C@H](C[C@@H](C)O[Si](C)(C)C(C)(C)C)O[Si](C)(C)C(C)(C)C)C=C(C)C=CC(=O)O. The molecular formula is C37H70O5Si3. The molecule has 0 bridgehead atoms. The van der Waals surface area contributed by atoms with Crippen LogP contribution in [0, 0.1) is 0 Å². The molecule has 3 atom stereocenters. The maximum absolute atomic E-state index is 10.8. The van der Waals surface area contributed by atoms with Crippen molar-refractivity contribution < 1.29 is 23.2 Å². The second kappa shape index (κ2) is 16.7. The van der Waals surface area contributed by atoms with E-state index < -0.39 is 30.9 Å². The van der Waals surface area contributed by atoms with Crippen LogP contribution in [-0.2, 0) is 18.1 Å². The molecule has 0 aliphatic heterocycles. The van der Waals surface area contributed by atoms with Crippen molar-refractivity contribution in [1.29, 1.82) is 0 Å². The first-order valence-electron chi connectivity index (χ1n) is 16.6. The number of aliphatic carboxylic acids is 1. The summed E-state index contributed by atoms with van der Waals surface area (Å²) in [5, 5.41) is 9.12. The third kappa shape index (κ3) is 15.4. The van der Waals surface area contributed by atoms with Crippen molar-refractivity contribution in [2.24, 2.45) is 0 Å². The number of carboxylic acid groups (broad SMARTS) is 1. The van der Waals surface area contributed by atoms with Crippen LogP contribution in [0.3, 0.4) is 0 Å². The molecule has 0 spiro atoms. The van der Waals surface area contributed by atoms with Gasteiger partial charge in [0.25, 0.3) is 0 Å². The molecule has 0 aromatic heterocycles. The van der Waals surface area contributed by atoms with Gasteiger partial charge in [-0.25, -0.2) is 4.79 Å². The number of hydrogen-bond acceptors (Lipinski definition) is 4. The Kier molecular flexibility index (Phi) is 16.2. The molecule has 0 fully saturated rings. The van der Waals surface area contributed by atoms with Crippen molar-refractivity contribution in [1.82, 2.24) is 0 Å². The molecule has 0 aliphatic carbocycles. The number of rotatable bonds is 15. The molecule has 0 unspecified atom stereocenters. The molecule has 5 nitrogen and oxygen atoms in total. The monoisotopic (exact) mass is 678 g/mol. The highest BCUT2D eigenvalue weighted by atomic mass is 28.4. The summed E-state index contributed by atoms with van der Waals surface area (Å²) in [6.07, 6.45) is 13.6. The van der Waals surface area contributed by atoms with Crippen LogP contribution in [0.15, 0.2) is 59.3 Å². The van der Waals surface area contributed by atoms with Crippen LogP contribution in [0.2, 0.25) is 54.4 Å². The van der Waals surface area contributed by atoms with Crippen LogP contribution in [0.5, 0.6) is 0 Å². The van der Waals surface area contributed by atoms with Gasteiger partial charge in [0.2, 0.25) is 0 Å². The van der Waals surface area contributed by atoms with Crippen LogP contribution in [0.25, 0.3) is 0 Å². The highest BCUT2D eigenvalue weighted by molar-refractivity contribution is 6.75. The molecule has 260 valence electrons. The van der Waals surface area contributed by atoms with Crippen LogP contribution >= 0.6 is 0 Å². The van der Waals surface area contributed by atoms with Crippen molar-refractivity contribution in [3.63, 3.8) is 0 Å². The van der Waals surface area contributed by atoms with Crippen LogP contribution in [0.1, 0.15) is 96.4 Å². The van der Waals surface area contributed by atoms with E-state index in [0.29, 0.717) is 0 Å². The fourth-order valence-corrected chi connectivity index (χ4v) is 7.97. The number of allylic oxidation sites excluding steroid dienone is 8. The summed E-state index contributed by atoms with van der Waals surface area (Å²) in [4.78, 5) is 10.8. The van der Waals surface area contributed by atoms with Crippen molar-refractivity contribution in [2.45, 2.75) is 169 Å². The first-order chi connectivity index (χ1) is 19.9. The van der Waals surface area contributed by atoms with Gasteiger partial charge in [-0.3, -0.25) is 0 Å². The predicted molar refractivity (Wildman–Crippen MR) is 204 cm³/mol. The lowest BCUT2D eigenvalue weighted by Crippen LogP contribution is -2.52. The first-order valence-corrected chi connectivity index (χ1v) is 25.3. The second-order valence-corrected chi connectivity index (χ2v) is 31.7. The predicted octanol–water partition coefficient (Wildman–Crippen LogP) is 11.6. The van der Waals surface area contributed by atoms with Crippen LogP contribution in [-0.4, -0.2) is 54.3 Å². The Bertz CT molecular complexity index is 1120. The van der Waals surface area contributed by atoms with E-state index in [0.717, 1.165) is 29.2 Å². The molecule has 0 aliphatic rings. The minimum Gasteiger partial charge on any atom is -0.478 e. The largest absolute Gasteiger partial charge is 0.478 e. The fraction of sp³-hybridized carbons (Fsp3) is 0.703. The van der Waals surface area contributed by atoms with Gasteiger partial charge in [-0.1, -0.05) is 115 Å². The van der Waals surface area contributed by atoms with E-state index in [9.17, 15) is 4.79 Å². The molecule has 0 rings (SSSR count). The fourth-order valence-electron chi connectivity index (χ4n) is 3.92. The third-order valence-electron chi connectivity index (χ3n) is 9.81. The lowest BCUT2D eigenvalue weighted by molar-refractivity contribution is -0.131. The van der Waals surface area contributed by atoms with Gasteiger partial charge in [0, 0.05) is 12.2 Å². The third-order valence-corrected chi connectivity index (χ3v) is 23.4. The van der Waals surface area contributed by atoms with Crippen LogP contribution < -0.4 is 0 Å². The molecule has 0 heterocycles. The molecule has 0 aromatic carbocycles. The van der Waals surface area contributed by atoms with E-state index in [4.69, 9.17) is 18.4 Å². The smallest absolute Gasteiger partial charge is 0.328 e. The normalized spacial score (nSPS) is 17.7. The van der Waals surface area contributed by atoms with E-state index in [-0.39, 0.29) is 33.4 Å². The minimum atomic E-state index is -2.16. The summed E-state index contributed by atoms with van der Waals surface area (Å²) in [7, 11) is -6.29. The van der Waals surface area contributed by atoms with E-state index >= 15 is 0 Å². The van der Waals surface area contributed by atoms with Crippen molar-refractivity contribution in [3.8, 4) is 0 Å². The summed E-state index contributed by atoms with van der Waals surface area (Å²) in [5.41, 5.74) is 3.03. The molecular weight excluding hydrogens is 609 g/mol. The van der Waals surface area contributed by atoms with Gasteiger partial charge in [-0.2, -0.15) is 0 Å². The Hall–Kier alpha value is -1.30. The highest BCUT2D eigenvalue weighted by Crippen LogP contribution is 2.42. The first kappa shape index (κ1) is 43.7. The minimum absolute atomic E-state index is 0.0335. The average molecular weight is 679 g/mol. The summed E-state index contributed by atoms with van der Waals surface area (Å²) < 4.78 is 21.4. The zero-order chi connectivity index (χ0) is 35.8. The molecule has 45 heavy (non-hydrogen) atoms. The Morgan fingerprint density at radius 2 is 1.11 bits per heavy atom. The maximum atomic E-state index is 10.8. The Morgan fingerprint density at radius 3 is 1.56 bits per heavy atom. The Balaban J connectivity index is 6.79. The average Bonchev–Trinajstić information content (AvgIpc) is 2.79. The molecule has 8 heteroatoms. The summed E-state index contributed by atoms with van der Waals surface area (Å²) >= 11 is 0. The lowest BCUT2D eigenvalue weighted by Gasteiger charge is -2.46. The number of carbonyl (C=O) groups is 1. The van der Waals surface area contributed by atoms with E-state index in [1.165, 1.54) is 0 Å². The quantitative estimate of drug-likeness (QED) is 0.106. The van der Waals surface area contributed by atoms with Gasteiger partial charge >= 0.3 is 5.97 Å². The zero-order valence-electron chi connectivity index (χ0n) is 32.6. The summed E-state index contributed by atoms with van der Waals surface area (Å²) in [5.74, 6) is -0.948. The lowest BCUT2D eigenvalue weighted by atomic mass is 10.0. The molecule has 0 saturated carbocycles. The van der Waals surface area contributed by atoms with Crippen molar-refractivity contribution >= 4 is 30.9 Å². The molecule has 0 radical (unpaired) electrons. The molecule has 0 saturated heterocycles. The van der Waals surface area contributed by atoms with Gasteiger partial charge < -0.3 is 18.4 Å². The summed E-state index contributed by atoms with van der Waals surface area (Å²) in [6.45, 7) is 42.8. The van der Waals surface area contributed by atoms with Gasteiger partial charge in [0.05, 0.1) is 12.2 Å². The zero-order valence-corrected chi connectivity index (χ0v) is 35.6. The van der Waals surface area contributed by atoms with E-state index in [2.05, 4.69) is 128 Å². The molecule has 0 amide bonds. The second-order valence-electron chi connectivity index (χ2n) is 17.4. The maximum Gasteiger partial charge on any atom is 0.328 e. The highest BCUT2D eigenvalue weighted by Gasteiger charge is 2.45. The standard InChI is InChI=1S/C37H70O5Si3/c1-28(25-30(3)23-24-34(38)39)21-20-22-29(2)26-32(41-44(16,17)36(8,9)10)33(42-45(18,19)37(11,12)13)27-31(4)40-43(14,15)35(5,6)7/h20-26,31-33H,27H2,1-19H3,(H,38,39)/t31-,32+,33+/m1/s1. The Morgan fingerprint density at radius 1 is 0.667 bits per heavy atom. The Labute approximate surface area is 281 Å². The van der Waals surface area contributed by atoms with Gasteiger partial charge in [0.1, 0.15) is 0 Å². The van der Waals surface area contributed by atoms with Crippen LogP contribution in [0.4, 0.5) is 0 Å². The topological polar surface area (TPSA) is 65.0 Å². The van der Waals surface area contributed by atoms with Crippen molar-refractivity contribution in [3.05, 3.63) is 59.3 Å². The van der Waals surface area contributed by atoms with Gasteiger partial charge in [-0.15, -0.1) is 0 Å². The van der Waals surface area contributed by atoms with Crippen molar-refractivity contribution in [2.75, 3.05) is 0 Å². The number of carboxylic acids is 1. The van der Waals surface area contributed by atoms with E-state index in [1.54, 1.807) is 6.08 Å². The summed E-state index contributed by atoms with van der Waals surface area (Å²) in [6, 6.07) is 0.